The highest BCUT2D eigenvalue weighted by Crippen LogP contribution is 2.20. The van der Waals surface area contributed by atoms with Crippen LogP contribution in [0.15, 0.2) is 48.7 Å². The van der Waals surface area contributed by atoms with Crippen LogP contribution in [-0.2, 0) is 0 Å². The predicted octanol–water partition coefficient (Wildman–Crippen LogP) is 4.37. The van der Waals surface area contributed by atoms with Crippen molar-refractivity contribution >= 4 is 22.6 Å². The maximum atomic E-state index is 12.6. The lowest BCUT2D eigenvalue weighted by atomic mass is 10.1. The number of anilines is 1. The fraction of sp³-hybridized carbons (Fsp3) is 0.250. The predicted molar refractivity (Wildman–Crippen MR) is 99.1 cm³/mol. The van der Waals surface area contributed by atoms with Crippen molar-refractivity contribution in [3.05, 3.63) is 59.9 Å². The number of nitrogens with one attached hydrogen (secondary N) is 1. The Morgan fingerprint density at radius 1 is 1.16 bits per heavy atom. The van der Waals surface area contributed by atoms with E-state index in [-0.39, 0.29) is 5.91 Å². The third-order valence-corrected chi connectivity index (χ3v) is 3.85. The molecule has 1 N–H and O–H groups in total. The van der Waals surface area contributed by atoms with Gasteiger partial charge in [-0.25, -0.2) is 4.98 Å². The molecule has 5 heteroatoms. The Hall–Kier alpha value is -2.95. The highest BCUT2D eigenvalue weighted by atomic mass is 16.5. The number of unbranched alkanes of at least 4 members (excludes halogenated alkanes) is 1. The lowest BCUT2D eigenvalue weighted by Gasteiger charge is -2.10. The Morgan fingerprint density at radius 2 is 2.04 bits per heavy atom. The van der Waals surface area contributed by atoms with Crippen LogP contribution >= 0.6 is 0 Å². The van der Waals surface area contributed by atoms with Gasteiger partial charge < -0.3 is 10.1 Å². The maximum absolute atomic E-state index is 12.6. The largest absolute Gasteiger partial charge is 0.494 e. The molecule has 0 radical (unpaired) electrons. The van der Waals surface area contributed by atoms with E-state index in [4.69, 9.17) is 4.74 Å². The first-order valence-electron chi connectivity index (χ1n) is 8.44. The molecule has 0 saturated carbocycles. The molecule has 0 fully saturated rings. The molecule has 0 aliphatic rings. The van der Waals surface area contributed by atoms with Gasteiger partial charge in [0.05, 0.1) is 17.6 Å². The first kappa shape index (κ1) is 16.9. The van der Waals surface area contributed by atoms with Gasteiger partial charge in [0.1, 0.15) is 11.4 Å². The lowest BCUT2D eigenvalue weighted by molar-refractivity contribution is 0.102. The van der Waals surface area contributed by atoms with Crippen LogP contribution in [-0.4, -0.2) is 22.5 Å². The summed E-state index contributed by atoms with van der Waals surface area (Å²) >= 11 is 0. The van der Waals surface area contributed by atoms with Crippen molar-refractivity contribution in [3.8, 4) is 5.75 Å². The molecule has 0 aliphatic heterocycles. The molecule has 3 rings (SSSR count). The van der Waals surface area contributed by atoms with Crippen molar-refractivity contribution in [1.29, 1.82) is 0 Å². The number of ether oxygens (including phenoxy) is 1. The molecule has 5 nitrogen and oxygen atoms in total. The number of rotatable bonds is 6. The zero-order valence-electron chi connectivity index (χ0n) is 14.5. The van der Waals surface area contributed by atoms with Gasteiger partial charge in [0.15, 0.2) is 0 Å². The number of nitrogens with zero attached hydrogens (tertiary/aromatic N) is 2. The fourth-order valence-corrected chi connectivity index (χ4v) is 2.51. The van der Waals surface area contributed by atoms with Crippen molar-refractivity contribution in [1.82, 2.24) is 9.97 Å². The van der Waals surface area contributed by atoms with Crippen molar-refractivity contribution in [2.45, 2.75) is 26.7 Å². The summed E-state index contributed by atoms with van der Waals surface area (Å²) in [6.07, 6.45) is 3.80. The molecule has 2 heterocycles. The first-order chi connectivity index (χ1) is 12.2. The average molecular weight is 335 g/mol. The smallest absolute Gasteiger partial charge is 0.274 e. The van der Waals surface area contributed by atoms with Crippen LogP contribution in [0.25, 0.3) is 11.0 Å². The highest BCUT2D eigenvalue weighted by Gasteiger charge is 2.13. The summed E-state index contributed by atoms with van der Waals surface area (Å²) in [6.45, 7) is 4.65. The molecule has 0 bridgehead atoms. The summed E-state index contributed by atoms with van der Waals surface area (Å²) in [5.41, 5.74) is 3.36. The summed E-state index contributed by atoms with van der Waals surface area (Å²) in [5.74, 6) is 0.507. The number of fused-ring (bicyclic) bond motifs is 1. The SMILES string of the molecule is CCCCOc1cccc(NC(=O)c2nc3cccnc3cc2C)c1. The van der Waals surface area contributed by atoms with Gasteiger partial charge >= 0.3 is 0 Å². The van der Waals surface area contributed by atoms with Gasteiger partial charge in [-0.3, -0.25) is 9.78 Å². The van der Waals surface area contributed by atoms with Gasteiger partial charge in [-0.05, 0) is 49.2 Å². The third kappa shape index (κ3) is 4.12. The average Bonchev–Trinajstić information content (AvgIpc) is 2.61. The van der Waals surface area contributed by atoms with Crippen LogP contribution in [0.3, 0.4) is 0 Å². The molecule has 3 aromatic rings. The van der Waals surface area contributed by atoms with Crippen LogP contribution in [0.1, 0.15) is 35.8 Å². The van der Waals surface area contributed by atoms with E-state index in [0.717, 1.165) is 29.7 Å². The molecule has 0 unspecified atom stereocenters. The Balaban J connectivity index is 1.78. The molecule has 0 spiro atoms. The molecule has 128 valence electrons. The van der Waals surface area contributed by atoms with Gasteiger partial charge in [-0.1, -0.05) is 19.4 Å². The highest BCUT2D eigenvalue weighted by molar-refractivity contribution is 6.05. The normalized spacial score (nSPS) is 10.6. The van der Waals surface area contributed by atoms with E-state index in [2.05, 4.69) is 22.2 Å². The Morgan fingerprint density at radius 3 is 2.88 bits per heavy atom. The van der Waals surface area contributed by atoms with E-state index >= 15 is 0 Å². The number of hydrogen-bond donors (Lipinski definition) is 1. The van der Waals surface area contributed by atoms with Gasteiger partial charge in [0.2, 0.25) is 0 Å². The molecular weight excluding hydrogens is 314 g/mol. The van der Waals surface area contributed by atoms with E-state index in [0.29, 0.717) is 23.5 Å². The summed E-state index contributed by atoms with van der Waals surface area (Å²) in [7, 11) is 0. The number of amides is 1. The standard InChI is InChI=1S/C20H21N3O2/c1-3-4-11-25-16-8-5-7-15(13-16)22-20(24)19-14(2)12-18-17(23-19)9-6-10-21-18/h5-10,12-13H,3-4,11H2,1-2H3,(H,22,24). The molecule has 1 aromatic carbocycles. The fourth-order valence-electron chi connectivity index (χ4n) is 2.51. The van der Waals surface area contributed by atoms with Crippen LogP contribution in [0.5, 0.6) is 5.75 Å². The molecule has 1 amide bonds. The van der Waals surface area contributed by atoms with Gasteiger partial charge in [-0.2, -0.15) is 0 Å². The molecule has 25 heavy (non-hydrogen) atoms. The van der Waals surface area contributed by atoms with Crippen LogP contribution in [0.2, 0.25) is 0 Å². The van der Waals surface area contributed by atoms with Crippen molar-refractivity contribution in [3.63, 3.8) is 0 Å². The topological polar surface area (TPSA) is 64.1 Å². The minimum absolute atomic E-state index is 0.242. The van der Waals surface area contributed by atoms with E-state index in [1.807, 2.05) is 49.4 Å². The molecular formula is C20H21N3O2. The molecule has 0 atom stereocenters. The molecule has 2 aromatic heterocycles. The Labute approximate surface area is 147 Å². The van der Waals surface area contributed by atoms with Crippen LogP contribution < -0.4 is 10.1 Å². The Bertz CT molecular complexity index is 893. The van der Waals surface area contributed by atoms with Gasteiger partial charge in [0.25, 0.3) is 5.91 Å². The van der Waals surface area contributed by atoms with Crippen molar-refractivity contribution in [2.24, 2.45) is 0 Å². The van der Waals surface area contributed by atoms with Gasteiger partial charge in [0, 0.05) is 18.0 Å². The van der Waals surface area contributed by atoms with Crippen LogP contribution in [0, 0.1) is 6.92 Å². The summed E-state index contributed by atoms with van der Waals surface area (Å²) in [4.78, 5) is 21.3. The van der Waals surface area contributed by atoms with E-state index in [9.17, 15) is 4.79 Å². The zero-order chi connectivity index (χ0) is 17.6. The molecule has 0 saturated heterocycles. The minimum Gasteiger partial charge on any atom is -0.494 e. The third-order valence-electron chi connectivity index (χ3n) is 3.85. The van der Waals surface area contributed by atoms with E-state index in [1.54, 1.807) is 6.20 Å². The van der Waals surface area contributed by atoms with Crippen molar-refractivity contribution < 1.29 is 9.53 Å². The number of carbonyl (C=O) groups excluding carboxylic acids is 1. The second kappa shape index (κ2) is 7.75. The van der Waals surface area contributed by atoms with Gasteiger partial charge in [-0.15, -0.1) is 0 Å². The number of carbonyl (C=O) groups is 1. The summed E-state index contributed by atoms with van der Waals surface area (Å²) < 4.78 is 5.68. The number of hydrogen-bond acceptors (Lipinski definition) is 4. The Kier molecular flexibility index (Phi) is 5.23. The second-order valence-electron chi connectivity index (χ2n) is 5.88. The molecule has 0 aliphatic carbocycles. The first-order valence-corrected chi connectivity index (χ1v) is 8.44. The van der Waals surface area contributed by atoms with Crippen LogP contribution in [0.4, 0.5) is 5.69 Å². The monoisotopic (exact) mass is 335 g/mol. The van der Waals surface area contributed by atoms with E-state index in [1.165, 1.54) is 0 Å². The number of benzene rings is 1. The summed E-state index contributed by atoms with van der Waals surface area (Å²) in [5, 5.41) is 2.89. The maximum Gasteiger partial charge on any atom is 0.274 e. The number of aromatic nitrogens is 2. The second-order valence-corrected chi connectivity index (χ2v) is 5.88. The lowest BCUT2D eigenvalue weighted by Crippen LogP contribution is -2.15. The van der Waals surface area contributed by atoms with E-state index < -0.39 is 0 Å². The van der Waals surface area contributed by atoms with Crippen molar-refractivity contribution in [2.75, 3.05) is 11.9 Å². The quantitative estimate of drug-likeness (QED) is 0.679. The summed E-state index contributed by atoms with van der Waals surface area (Å²) in [6, 6.07) is 12.9. The number of pyridine rings is 2. The zero-order valence-corrected chi connectivity index (χ0v) is 14.5. The minimum atomic E-state index is -0.242. The number of aryl methyl sites for hydroxylation is 1.